The molecule has 6 nitrogen and oxygen atoms in total. The van der Waals surface area contributed by atoms with Crippen LogP contribution in [0.15, 0.2) is 18.2 Å². The van der Waals surface area contributed by atoms with E-state index in [2.05, 4.69) is 17.2 Å². The van der Waals surface area contributed by atoms with Crippen LogP contribution in [-0.2, 0) is 32.1 Å². The van der Waals surface area contributed by atoms with Gasteiger partial charge in [0.15, 0.2) is 0 Å². The molecule has 0 saturated heterocycles. The van der Waals surface area contributed by atoms with Crippen molar-refractivity contribution in [3.8, 4) is 0 Å². The second kappa shape index (κ2) is 9.80. The minimum atomic E-state index is -0.431. The molecule has 1 N–H and O–H groups in total. The SMILES string of the molecule is CCc1cccc(CNCC(=O)OC(C)(C)C)n1.O=C=O. The zero-order valence-corrected chi connectivity index (χ0v) is 12.9. The molecule has 1 heterocycles. The van der Waals surface area contributed by atoms with E-state index in [0.717, 1.165) is 17.8 Å². The van der Waals surface area contributed by atoms with Gasteiger partial charge in [0.1, 0.15) is 5.60 Å². The van der Waals surface area contributed by atoms with Gasteiger partial charge in [0.05, 0.1) is 12.2 Å². The second-order valence-electron chi connectivity index (χ2n) is 5.25. The van der Waals surface area contributed by atoms with Crippen molar-refractivity contribution in [2.45, 2.75) is 46.3 Å². The van der Waals surface area contributed by atoms with Crippen LogP contribution in [0.25, 0.3) is 0 Å². The Kier molecular flexibility index (Phi) is 8.85. The largest absolute Gasteiger partial charge is 0.459 e. The summed E-state index contributed by atoms with van der Waals surface area (Å²) in [7, 11) is 0. The van der Waals surface area contributed by atoms with Gasteiger partial charge in [-0.1, -0.05) is 13.0 Å². The van der Waals surface area contributed by atoms with Crippen molar-refractivity contribution in [1.29, 1.82) is 0 Å². The zero-order valence-electron chi connectivity index (χ0n) is 12.9. The van der Waals surface area contributed by atoms with Gasteiger partial charge in [0.2, 0.25) is 0 Å². The van der Waals surface area contributed by atoms with Crippen molar-refractivity contribution < 1.29 is 19.1 Å². The summed E-state index contributed by atoms with van der Waals surface area (Å²) < 4.78 is 5.20. The van der Waals surface area contributed by atoms with E-state index in [4.69, 9.17) is 14.3 Å². The number of hydrogen-bond donors (Lipinski definition) is 1. The number of hydrogen-bond acceptors (Lipinski definition) is 6. The number of rotatable bonds is 5. The van der Waals surface area contributed by atoms with Gasteiger partial charge in [0, 0.05) is 12.2 Å². The molecule has 0 unspecified atom stereocenters. The third kappa shape index (κ3) is 10.4. The summed E-state index contributed by atoms with van der Waals surface area (Å²) in [5.41, 5.74) is 1.57. The third-order valence-electron chi connectivity index (χ3n) is 2.22. The number of aryl methyl sites for hydroxylation is 1. The van der Waals surface area contributed by atoms with Crippen LogP contribution in [0, 0.1) is 0 Å². The molecule has 1 rings (SSSR count). The van der Waals surface area contributed by atoms with E-state index in [-0.39, 0.29) is 18.7 Å². The van der Waals surface area contributed by atoms with E-state index >= 15 is 0 Å². The Balaban J connectivity index is 0.00000122. The van der Waals surface area contributed by atoms with Crippen LogP contribution >= 0.6 is 0 Å². The van der Waals surface area contributed by atoms with Crippen LogP contribution in [0.2, 0.25) is 0 Å². The van der Waals surface area contributed by atoms with E-state index in [1.165, 1.54) is 0 Å². The highest BCUT2D eigenvalue weighted by molar-refractivity contribution is 5.72. The topological polar surface area (TPSA) is 85.4 Å². The van der Waals surface area contributed by atoms with E-state index < -0.39 is 5.60 Å². The molecule has 0 aliphatic carbocycles. The highest BCUT2D eigenvalue weighted by atomic mass is 16.6. The molecular formula is C15H22N2O4. The maximum absolute atomic E-state index is 11.5. The van der Waals surface area contributed by atoms with Crippen LogP contribution in [0.3, 0.4) is 0 Å². The molecule has 0 amide bonds. The van der Waals surface area contributed by atoms with Crippen LogP contribution in [0.1, 0.15) is 39.1 Å². The molecule has 116 valence electrons. The van der Waals surface area contributed by atoms with Gasteiger partial charge in [-0.15, -0.1) is 0 Å². The van der Waals surface area contributed by atoms with Crippen LogP contribution in [-0.4, -0.2) is 29.3 Å². The standard InChI is InChI=1S/C14H22N2O2.CO2/c1-5-11-7-6-8-12(16-11)9-15-10-13(17)18-14(2,3)4;2-1-3/h6-8,15H,5,9-10H2,1-4H3;. The van der Waals surface area contributed by atoms with Crippen LogP contribution in [0.5, 0.6) is 0 Å². The minimum Gasteiger partial charge on any atom is -0.459 e. The Bertz CT molecular complexity index is 475. The lowest BCUT2D eigenvalue weighted by Crippen LogP contribution is -2.31. The fourth-order valence-electron chi connectivity index (χ4n) is 1.49. The Morgan fingerprint density at radius 2 is 1.86 bits per heavy atom. The molecule has 0 radical (unpaired) electrons. The van der Waals surface area contributed by atoms with Crippen molar-refractivity contribution in [2.24, 2.45) is 0 Å². The van der Waals surface area contributed by atoms with Gasteiger partial charge in [-0.25, -0.2) is 0 Å². The van der Waals surface area contributed by atoms with Crippen LogP contribution < -0.4 is 5.32 Å². The fraction of sp³-hybridized carbons (Fsp3) is 0.533. The number of pyridine rings is 1. The first-order valence-corrected chi connectivity index (χ1v) is 6.69. The van der Waals surface area contributed by atoms with Gasteiger partial charge in [-0.3, -0.25) is 9.78 Å². The predicted octanol–water partition coefficient (Wildman–Crippen LogP) is 1.49. The molecule has 0 saturated carbocycles. The van der Waals surface area contributed by atoms with Crippen molar-refractivity contribution in [2.75, 3.05) is 6.54 Å². The number of nitrogens with one attached hydrogen (secondary N) is 1. The normalized spacial score (nSPS) is 10.1. The number of carbonyl (C=O) groups is 1. The number of esters is 1. The molecule has 6 heteroatoms. The number of nitrogens with zero attached hydrogens (tertiary/aromatic N) is 1. The highest BCUT2D eigenvalue weighted by Gasteiger charge is 2.15. The van der Waals surface area contributed by atoms with Crippen molar-refractivity contribution in [1.82, 2.24) is 10.3 Å². The molecule has 0 spiro atoms. The molecule has 0 aliphatic heterocycles. The van der Waals surface area contributed by atoms with Crippen molar-refractivity contribution in [3.05, 3.63) is 29.6 Å². The fourth-order valence-corrected chi connectivity index (χ4v) is 1.49. The summed E-state index contributed by atoms with van der Waals surface area (Å²) in [6.45, 7) is 8.42. The molecular weight excluding hydrogens is 272 g/mol. The Morgan fingerprint density at radius 1 is 1.29 bits per heavy atom. The third-order valence-corrected chi connectivity index (χ3v) is 2.22. The minimum absolute atomic E-state index is 0.204. The molecule has 21 heavy (non-hydrogen) atoms. The van der Waals surface area contributed by atoms with Gasteiger partial charge < -0.3 is 10.1 Å². The summed E-state index contributed by atoms with van der Waals surface area (Å²) in [4.78, 5) is 32.2. The molecule has 1 aromatic heterocycles. The molecule has 0 aliphatic rings. The Hall–Kier alpha value is -2.04. The number of ether oxygens (including phenoxy) is 1. The lowest BCUT2D eigenvalue weighted by molar-refractivity contribution is -0.191. The maximum atomic E-state index is 11.5. The maximum Gasteiger partial charge on any atom is 0.373 e. The summed E-state index contributed by atoms with van der Waals surface area (Å²) in [5.74, 6) is -0.242. The molecule has 0 fully saturated rings. The van der Waals surface area contributed by atoms with Crippen molar-refractivity contribution in [3.63, 3.8) is 0 Å². The quantitative estimate of drug-likeness (QED) is 0.828. The Morgan fingerprint density at radius 3 is 2.38 bits per heavy atom. The van der Waals surface area contributed by atoms with E-state index in [1.807, 2.05) is 39.0 Å². The summed E-state index contributed by atoms with van der Waals surface area (Å²) in [6.07, 6.45) is 1.17. The average molecular weight is 294 g/mol. The first-order chi connectivity index (χ1) is 9.82. The second-order valence-corrected chi connectivity index (χ2v) is 5.25. The lowest BCUT2D eigenvalue weighted by atomic mass is 10.2. The number of carbonyl (C=O) groups excluding carboxylic acids is 3. The lowest BCUT2D eigenvalue weighted by Gasteiger charge is -2.19. The van der Waals surface area contributed by atoms with Gasteiger partial charge in [-0.2, -0.15) is 9.59 Å². The smallest absolute Gasteiger partial charge is 0.373 e. The summed E-state index contributed by atoms with van der Waals surface area (Å²) >= 11 is 0. The zero-order chi connectivity index (χ0) is 16.3. The number of aromatic nitrogens is 1. The molecule has 0 atom stereocenters. The average Bonchev–Trinajstić information content (AvgIpc) is 2.38. The Labute approximate surface area is 124 Å². The highest BCUT2D eigenvalue weighted by Crippen LogP contribution is 2.06. The van der Waals surface area contributed by atoms with Crippen LogP contribution in [0.4, 0.5) is 0 Å². The molecule has 1 aromatic rings. The van der Waals surface area contributed by atoms with Gasteiger partial charge >= 0.3 is 12.1 Å². The molecule has 0 aromatic carbocycles. The van der Waals surface area contributed by atoms with E-state index in [0.29, 0.717) is 6.54 Å². The van der Waals surface area contributed by atoms with E-state index in [1.54, 1.807) is 0 Å². The first-order valence-electron chi connectivity index (χ1n) is 6.69. The van der Waals surface area contributed by atoms with Crippen molar-refractivity contribution >= 4 is 12.1 Å². The van der Waals surface area contributed by atoms with Gasteiger partial charge in [0.25, 0.3) is 0 Å². The predicted molar refractivity (Wildman–Crippen MR) is 76.2 cm³/mol. The molecule has 0 bridgehead atoms. The summed E-state index contributed by atoms with van der Waals surface area (Å²) in [5, 5.41) is 3.04. The van der Waals surface area contributed by atoms with E-state index in [9.17, 15) is 4.79 Å². The van der Waals surface area contributed by atoms with Gasteiger partial charge in [-0.05, 0) is 39.3 Å². The summed E-state index contributed by atoms with van der Waals surface area (Å²) in [6, 6.07) is 5.93. The first kappa shape index (κ1) is 19.0. The monoisotopic (exact) mass is 294 g/mol.